The zero-order chi connectivity index (χ0) is 21.6. The van der Waals surface area contributed by atoms with Gasteiger partial charge in [-0.2, -0.15) is 4.72 Å². The van der Waals surface area contributed by atoms with Crippen LogP contribution < -0.4 is 10.0 Å². The van der Waals surface area contributed by atoms with Gasteiger partial charge in [-0.3, -0.25) is 19.7 Å². The molecule has 12 heteroatoms. The van der Waals surface area contributed by atoms with E-state index >= 15 is 0 Å². The van der Waals surface area contributed by atoms with Gasteiger partial charge in [0.1, 0.15) is 12.4 Å². The van der Waals surface area contributed by atoms with Crippen molar-refractivity contribution in [3.63, 3.8) is 0 Å². The highest BCUT2D eigenvalue weighted by Gasteiger charge is 2.18. The minimum atomic E-state index is -4.06. The maximum Gasteiger partial charge on any atom is 0.321 e. The summed E-state index contributed by atoms with van der Waals surface area (Å²) in [6, 6.07) is 8.06. The molecular weight excluding hydrogens is 409 g/mol. The summed E-state index contributed by atoms with van der Waals surface area (Å²) in [5, 5.41) is 13.3. The van der Waals surface area contributed by atoms with Gasteiger partial charge in [0.05, 0.1) is 21.1 Å². The summed E-state index contributed by atoms with van der Waals surface area (Å²) in [5.41, 5.74) is 0.219. The Morgan fingerprint density at radius 2 is 1.83 bits per heavy atom. The molecule has 2 N–H and O–H groups in total. The highest BCUT2D eigenvalue weighted by atomic mass is 32.2. The molecule has 0 saturated heterocycles. The van der Waals surface area contributed by atoms with Crippen molar-refractivity contribution in [2.45, 2.75) is 11.8 Å². The van der Waals surface area contributed by atoms with Crippen molar-refractivity contribution in [1.82, 2.24) is 4.72 Å². The van der Waals surface area contributed by atoms with Crippen LogP contribution in [-0.4, -0.2) is 38.4 Å². The molecule has 0 aromatic heterocycles. The van der Waals surface area contributed by atoms with E-state index < -0.39 is 45.8 Å². The van der Waals surface area contributed by atoms with E-state index in [4.69, 9.17) is 0 Å². The Morgan fingerprint density at radius 3 is 2.45 bits per heavy atom. The van der Waals surface area contributed by atoms with Crippen LogP contribution in [0.4, 0.5) is 15.8 Å². The van der Waals surface area contributed by atoms with Gasteiger partial charge >= 0.3 is 5.97 Å². The van der Waals surface area contributed by atoms with Gasteiger partial charge in [0.15, 0.2) is 6.61 Å². The van der Waals surface area contributed by atoms with Gasteiger partial charge in [-0.1, -0.05) is 6.07 Å². The van der Waals surface area contributed by atoms with Gasteiger partial charge in [0.2, 0.25) is 10.0 Å². The lowest BCUT2D eigenvalue weighted by Gasteiger charge is -2.10. The number of carbonyl (C=O) groups is 2. The fraction of sp³-hybridized carbons (Fsp3) is 0.176. The molecule has 0 spiro atoms. The molecule has 2 aromatic carbocycles. The lowest BCUT2D eigenvalue weighted by molar-refractivity contribution is -0.385. The van der Waals surface area contributed by atoms with Crippen molar-refractivity contribution >= 4 is 33.3 Å². The first kappa shape index (κ1) is 21.9. The molecule has 2 rings (SSSR count). The number of anilines is 1. The van der Waals surface area contributed by atoms with E-state index in [2.05, 4.69) is 10.1 Å². The summed E-state index contributed by atoms with van der Waals surface area (Å²) >= 11 is 0. The number of carbonyl (C=O) groups excluding carboxylic acids is 2. The van der Waals surface area contributed by atoms with Crippen LogP contribution in [0, 0.1) is 22.9 Å². The van der Waals surface area contributed by atoms with E-state index in [0.717, 1.165) is 24.3 Å². The highest BCUT2D eigenvalue weighted by molar-refractivity contribution is 7.89. The number of hydrogen-bond acceptors (Lipinski definition) is 7. The summed E-state index contributed by atoms with van der Waals surface area (Å²) in [6.07, 6.45) is 0. The third-order valence-corrected chi connectivity index (χ3v) is 5.09. The molecular formula is C17H16FN3O7S. The average molecular weight is 425 g/mol. The molecule has 0 fully saturated rings. The molecule has 0 heterocycles. The molecule has 0 atom stereocenters. The standard InChI is InChI=1S/C17H16FN3O7S/c1-11-14(3-2-4-15(11)21(24)25)20-16(22)10-28-17(23)9-19-29(26,27)13-7-5-12(18)6-8-13/h2-8,19H,9-10H2,1H3,(H,20,22). The zero-order valence-electron chi connectivity index (χ0n) is 15.0. The van der Waals surface area contributed by atoms with Crippen molar-refractivity contribution in [2.24, 2.45) is 0 Å². The van der Waals surface area contributed by atoms with Gasteiger partial charge in [-0.25, -0.2) is 12.8 Å². The van der Waals surface area contributed by atoms with Crippen LogP contribution in [0.2, 0.25) is 0 Å². The molecule has 0 bridgehead atoms. The van der Waals surface area contributed by atoms with Crippen LogP contribution in [0.3, 0.4) is 0 Å². The molecule has 0 radical (unpaired) electrons. The third-order valence-electron chi connectivity index (χ3n) is 3.67. The summed E-state index contributed by atoms with van der Waals surface area (Å²) in [6.45, 7) is -0.0218. The molecule has 154 valence electrons. The normalized spacial score (nSPS) is 11.0. The second kappa shape index (κ2) is 9.21. The SMILES string of the molecule is Cc1c(NC(=O)COC(=O)CNS(=O)(=O)c2ccc(F)cc2)cccc1[N+](=O)[O-]. The van der Waals surface area contributed by atoms with E-state index in [0.29, 0.717) is 0 Å². The van der Waals surface area contributed by atoms with Crippen LogP contribution >= 0.6 is 0 Å². The minimum absolute atomic E-state index is 0.178. The Bertz CT molecular complexity index is 1040. The fourth-order valence-electron chi connectivity index (χ4n) is 2.19. The Kier molecular flexibility index (Phi) is 6.96. The summed E-state index contributed by atoms with van der Waals surface area (Å²) in [5.74, 6) is -2.40. The van der Waals surface area contributed by atoms with Gasteiger partial charge in [0, 0.05) is 6.07 Å². The largest absolute Gasteiger partial charge is 0.455 e. The van der Waals surface area contributed by atoms with Crippen LogP contribution in [0.5, 0.6) is 0 Å². The number of ether oxygens (including phenoxy) is 1. The van der Waals surface area contributed by atoms with Crippen LogP contribution in [0.25, 0.3) is 0 Å². The number of nitro benzene ring substituents is 1. The lowest BCUT2D eigenvalue weighted by Crippen LogP contribution is -2.32. The van der Waals surface area contributed by atoms with E-state index in [9.17, 15) is 32.5 Å². The topological polar surface area (TPSA) is 145 Å². The van der Waals surface area contributed by atoms with Gasteiger partial charge in [-0.05, 0) is 37.3 Å². The first-order chi connectivity index (χ1) is 13.6. The second-order valence-corrected chi connectivity index (χ2v) is 7.46. The number of hydrogen-bond donors (Lipinski definition) is 2. The Hall–Kier alpha value is -3.38. The van der Waals surface area contributed by atoms with Gasteiger partial charge < -0.3 is 10.1 Å². The first-order valence-corrected chi connectivity index (χ1v) is 9.53. The van der Waals surface area contributed by atoms with E-state index in [1.165, 1.54) is 25.1 Å². The molecule has 0 saturated carbocycles. The maximum atomic E-state index is 12.8. The molecule has 0 aliphatic rings. The number of halogens is 1. The number of sulfonamides is 1. The van der Waals surface area contributed by atoms with Crippen molar-refractivity contribution < 1.29 is 32.1 Å². The van der Waals surface area contributed by atoms with E-state index in [1.807, 2.05) is 4.72 Å². The van der Waals surface area contributed by atoms with Crippen LogP contribution in [-0.2, 0) is 24.3 Å². The average Bonchev–Trinajstić information content (AvgIpc) is 2.66. The fourth-order valence-corrected chi connectivity index (χ4v) is 3.16. The predicted molar refractivity (Wildman–Crippen MR) is 99.0 cm³/mol. The number of nitrogens with one attached hydrogen (secondary N) is 2. The van der Waals surface area contributed by atoms with Crippen LogP contribution in [0.15, 0.2) is 47.4 Å². The van der Waals surface area contributed by atoms with Crippen molar-refractivity contribution in [3.8, 4) is 0 Å². The number of benzene rings is 2. The molecule has 0 aliphatic carbocycles. The number of amides is 1. The lowest BCUT2D eigenvalue weighted by atomic mass is 10.1. The van der Waals surface area contributed by atoms with Crippen molar-refractivity contribution in [2.75, 3.05) is 18.5 Å². The molecule has 1 amide bonds. The predicted octanol–water partition coefficient (Wildman–Crippen LogP) is 1.50. The van der Waals surface area contributed by atoms with Crippen molar-refractivity contribution in [3.05, 3.63) is 64.0 Å². The Morgan fingerprint density at radius 1 is 1.17 bits per heavy atom. The molecule has 2 aromatic rings. The minimum Gasteiger partial charge on any atom is -0.455 e. The number of nitro groups is 1. The first-order valence-electron chi connectivity index (χ1n) is 8.05. The third kappa shape index (κ3) is 6.05. The highest BCUT2D eigenvalue weighted by Crippen LogP contribution is 2.24. The van der Waals surface area contributed by atoms with Crippen LogP contribution in [0.1, 0.15) is 5.56 Å². The Balaban J connectivity index is 1.86. The maximum absolute atomic E-state index is 12.8. The molecule has 0 unspecified atom stereocenters. The second-order valence-electron chi connectivity index (χ2n) is 5.69. The van der Waals surface area contributed by atoms with E-state index in [-0.39, 0.29) is 21.8 Å². The quantitative estimate of drug-likeness (QED) is 0.370. The molecule has 29 heavy (non-hydrogen) atoms. The van der Waals surface area contributed by atoms with E-state index in [1.54, 1.807) is 0 Å². The Labute approximate surface area is 164 Å². The number of rotatable bonds is 8. The van der Waals surface area contributed by atoms with Gasteiger partial charge in [0.25, 0.3) is 11.6 Å². The smallest absolute Gasteiger partial charge is 0.321 e. The number of nitrogens with zero attached hydrogens (tertiary/aromatic N) is 1. The summed E-state index contributed by atoms with van der Waals surface area (Å²) < 4.78 is 43.4. The summed E-state index contributed by atoms with van der Waals surface area (Å²) in [4.78, 5) is 33.6. The van der Waals surface area contributed by atoms with Gasteiger partial charge in [-0.15, -0.1) is 0 Å². The molecule has 0 aliphatic heterocycles. The number of esters is 1. The monoisotopic (exact) mass is 425 g/mol. The zero-order valence-corrected chi connectivity index (χ0v) is 15.9. The van der Waals surface area contributed by atoms with Crippen molar-refractivity contribution in [1.29, 1.82) is 0 Å². The summed E-state index contributed by atoms with van der Waals surface area (Å²) in [7, 11) is -4.06. The molecule has 10 nitrogen and oxygen atoms in total.